The van der Waals surface area contributed by atoms with Crippen molar-refractivity contribution in [3.8, 4) is 0 Å². The molecule has 0 aromatic carbocycles. The van der Waals surface area contributed by atoms with E-state index in [1.807, 2.05) is 12.3 Å². The van der Waals surface area contributed by atoms with Gasteiger partial charge in [0.15, 0.2) is 0 Å². The van der Waals surface area contributed by atoms with E-state index >= 15 is 0 Å². The quantitative estimate of drug-likeness (QED) is 0.817. The highest BCUT2D eigenvalue weighted by molar-refractivity contribution is 5.09. The Labute approximate surface area is 126 Å². The molecule has 0 bridgehead atoms. The summed E-state index contributed by atoms with van der Waals surface area (Å²) in [7, 11) is 0. The highest BCUT2D eigenvalue weighted by Crippen LogP contribution is 2.16. The average Bonchev–Trinajstić information content (AvgIpc) is 3.13. The summed E-state index contributed by atoms with van der Waals surface area (Å²) >= 11 is 0. The Morgan fingerprint density at radius 3 is 2.86 bits per heavy atom. The molecule has 114 valence electrons. The van der Waals surface area contributed by atoms with Gasteiger partial charge in [0.05, 0.1) is 24.8 Å². The van der Waals surface area contributed by atoms with E-state index in [-0.39, 0.29) is 0 Å². The number of hydrogen-bond acceptors (Lipinski definition) is 4. The van der Waals surface area contributed by atoms with Gasteiger partial charge in [0, 0.05) is 37.9 Å². The molecule has 1 aliphatic heterocycles. The lowest BCUT2D eigenvalue weighted by Crippen LogP contribution is -2.33. The highest BCUT2D eigenvalue weighted by Gasteiger charge is 2.19. The first-order valence-electron chi connectivity index (χ1n) is 7.79. The summed E-state index contributed by atoms with van der Waals surface area (Å²) in [4.78, 5) is 9.65. The van der Waals surface area contributed by atoms with Gasteiger partial charge in [0.25, 0.3) is 0 Å². The van der Waals surface area contributed by atoms with Gasteiger partial charge in [-0.25, -0.2) is 4.98 Å². The molecule has 0 amide bonds. The van der Waals surface area contributed by atoms with Crippen LogP contribution in [0.4, 0.5) is 0 Å². The van der Waals surface area contributed by atoms with Crippen LogP contribution in [-0.4, -0.2) is 39.0 Å². The van der Waals surface area contributed by atoms with Gasteiger partial charge in [0.2, 0.25) is 0 Å². The second-order valence-electron chi connectivity index (χ2n) is 5.65. The van der Waals surface area contributed by atoms with E-state index in [1.165, 1.54) is 17.1 Å². The van der Waals surface area contributed by atoms with Crippen LogP contribution >= 0.6 is 0 Å². The predicted octanol–water partition coefficient (Wildman–Crippen LogP) is 2.33. The fraction of sp³-hybridized carbons (Fsp3) is 0.562. The van der Waals surface area contributed by atoms with Crippen molar-refractivity contribution in [2.24, 2.45) is 0 Å². The topological polar surface area (TPSA) is 37.4 Å². The third-order valence-electron chi connectivity index (χ3n) is 4.20. The molecule has 0 unspecified atom stereocenters. The molecule has 0 saturated heterocycles. The van der Waals surface area contributed by atoms with Gasteiger partial charge >= 0.3 is 0 Å². The van der Waals surface area contributed by atoms with E-state index in [2.05, 4.69) is 34.4 Å². The molecule has 0 spiro atoms. The summed E-state index contributed by atoms with van der Waals surface area (Å²) in [6.45, 7) is 11.5. The zero-order valence-corrected chi connectivity index (χ0v) is 13.0. The molecule has 5 heteroatoms. The van der Waals surface area contributed by atoms with E-state index in [1.54, 1.807) is 6.26 Å². The predicted molar refractivity (Wildman–Crippen MR) is 81.7 cm³/mol. The lowest BCUT2D eigenvalue weighted by atomic mass is 10.3. The fourth-order valence-corrected chi connectivity index (χ4v) is 2.89. The molecule has 0 saturated carbocycles. The Kier molecular flexibility index (Phi) is 4.41. The fourth-order valence-electron chi connectivity index (χ4n) is 2.89. The van der Waals surface area contributed by atoms with Crippen molar-refractivity contribution in [1.29, 1.82) is 0 Å². The van der Waals surface area contributed by atoms with Gasteiger partial charge in [-0.1, -0.05) is 13.8 Å². The number of aromatic nitrogens is 2. The van der Waals surface area contributed by atoms with Crippen molar-refractivity contribution in [2.75, 3.05) is 19.6 Å². The summed E-state index contributed by atoms with van der Waals surface area (Å²) in [6.07, 6.45) is 5.79. The number of nitrogens with zero attached hydrogens (tertiary/aromatic N) is 4. The minimum Gasteiger partial charge on any atom is -0.472 e. The molecule has 1 aliphatic rings. The number of rotatable bonds is 6. The number of fused-ring (bicyclic) bond motifs is 1. The number of hydrogen-bond donors (Lipinski definition) is 0. The Bertz CT molecular complexity index is 557. The maximum Gasteiger partial charge on any atom is 0.123 e. The van der Waals surface area contributed by atoms with Gasteiger partial charge in [0.1, 0.15) is 5.82 Å². The summed E-state index contributed by atoms with van der Waals surface area (Å²) in [5, 5.41) is 0. The number of imidazole rings is 1. The molecular weight excluding hydrogens is 264 g/mol. The maximum absolute atomic E-state index is 5.15. The molecule has 2 aromatic heterocycles. The molecule has 21 heavy (non-hydrogen) atoms. The van der Waals surface area contributed by atoms with E-state index < -0.39 is 0 Å². The second-order valence-corrected chi connectivity index (χ2v) is 5.65. The van der Waals surface area contributed by atoms with Gasteiger partial charge in [-0.3, -0.25) is 9.80 Å². The molecule has 0 aliphatic carbocycles. The van der Waals surface area contributed by atoms with Crippen LogP contribution in [0.2, 0.25) is 0 Å². The molecule has 0 N–H and O–H groups in total. The summed E-state index contributed by atoms with van der Waals surface area (Å²) in [6, 6.07) is 2.03. The van der Waals surface area contributed by atoms with Crippen molar-refractivity contribution < 1.29 is 4.42 Å². The second kappa shape index (κ2) is 6.45. The van der Waals surface area contributed by atoms with Crippen LogP contribution in [0.5, 0.6) is 0 Å². The monoisotopic (exact) mass is 288 g/mol. The van der Waals surface area contributed by atoms with Gasteiger partial charge in [-0.05, 0) is 19.2 Å². The van der Waals surface area contributed by atoms with Crippen molar-refractivity contribution >= 4 is 0 Å². The number of furan rings is 1. The largest absolute Gasteiger partial charge is 0.472 e. The minimum absolute atomic E-state index is 0.920. The molecule has 3 heterocycles. The average molecular weight is 288 g/mol. The van der Waals surface area contributed by atoms with Crippen LogP contribution in [0.1, 0.15) is 30.9 Å². The van der Waals surface area contributed by atoms with E-state index in [0.717, 1.165) is 45.8 Å². The Morgan fingerprint density at radius 1 is 1.29 bits per heavy atom. The summed E-state index contributed by atoms with van der Waals surface area (Å²) in [5.74, 6) is 1.19. The van der Waals surface area contributed by atoms with Crippen molar-refractivity contribution in [3.05, 3.63) is 41.9 Å². The zero-order chi connectivity index (χ0) is 14.7. The van der Waals surface area contributed by atoms with Gasteiger partial charge in [-0.15, -0.1) is 0 Å². The van der Waals surface area contributed by atoms with Crippen LogP contribution in [0, 0.1) is 0 Å². The molecular formula is C16H24N4O. The normalized spacial score (nSPS) is 15.6. The van der Waals surface area contributed by atoms with E-state index in [9.17, 15) is 0 Å². The van der Waals surface area contributed by atoms with Crippen molar-refractivity contribution in [1.82, 2.24) is 19.4 Å². The third kappa shape index (κ3) is 3.36. The molecule has 0 radical (unpaired) electrons. The minimum atomic E-state index is 0.920. The summed E-state index contributed by atoms with van der Waals surface area (Å²) < 4.78 is 7.46. The highest BCUT2D eigenvalue weighted by atomic mass is 16.3. The third-order valence-corrected chi connectivity index (χ3v) is 4.20. The van der Waals surface area contributed by atoms with Crippen molar-refractivity contribution in [2.45, 2.75) is 40.0 Å². The first-order chi connectivity index (χ1) is 10.3. The standard InChI is InChI=1S/C16H24N4O/c1-3-18(4-2)10-15-11-20-7-6-19(12-16(20)17-15)9-14-5-8-21-13-14/h5,8,11,13H,3-4,6-7,9-10,12H2,1-2H3. The Hall–Kier alpha value is -1.59. The van der Waals surface area contributed by atoms with Crippen LogP contribution in [0.25, 0.3) is 0 Å². The van der Waals surface area contributed by atoms with Crippen LogP contribution < -0.4 is 0 Å². The lowest BCUT2D eigenvalue weighted by Gasteiger charge is -2.26. The molecule has 0 atom stereocenters. The SMILES string of the molecule is CCN(CC)Cc1cn2c(n1)CN(Cc1ccoc1)CC2. The molecule has 3 rings (SSSR count). The van der Waals surface area contributed by atoms with Crippen molar-refractivity contribution in [3.63, 3.8) is 0 Å². The van der Waals surface area contributed by atoms with Gasteiger partial charge in [-0.2, -0.15) is 0 Å². The Morgan fingerprint density at radius 2 is 2.14 bits per heavy atom. The smallest absolute Gasteiger partial charge is 0.123 e. The molecule has 2 aromatic rings. The molecule has 0 fully saturated rings. The Balaban J connectivity index is 1.64. The van der Waals surface area contributed by atoms with Crippen LogP contribution in [0.15, 0.2) is 29.2 Å². The van der Waals surface area contributed by atoms with E-state index in [0.29, 0.717) is 0 Å². The first kappa shape index (κ1) is 14.4. The van der Waals surface area contributed by atoms with Crippen LogP contribution in [-0.2, 0) is 26.2 Å². The van der Waals surface area contributed by atoms with E-state index in [4.69, 9.17) is 9.40 Å². The van der Waals surface area contributed by atoms with Crippen LogP contribution in [0.3, 0.4) is 0 Å². The van der Waals surface area contributed by atoms with Gasteiger partial charge < -0.3 is 8.98 Å². The first-order valence-corrected chi connectivity index (χ1v) is 7.79. The summed E-state index contributed by atoms with van der Waals surface area (Å²) in [5.41, 5.74) is 2.43. The zero-order valence-electron chi connectivity index (χ0n) is 13.0. The maximum atomic E-state index is 5.15. The molecule has 5 nitrogen and oxygen atoms in total. The lowest BCUT2D eigenvalue weighted by molar-refractivity contribution is 0.208.